The standard InChI is InChI=1S/C27H25ClN2O2S/c1-32-21-12-13-23-22(18-21)24(28)26(33-23)27(31)30-16-14-29(15-17-30)25(19-8-4-2-5-9-19)20-10-6-3-7-11-20/h2-13,18,25H,14-17H2,1H3. The summed E-state index contributed by atoms with van der Waals surface area (Å²) in [5.74, 6) is 0.749. The summed E-state index contributed by atoms with van der Waals surface area (Å²) in [4.78, 5) is 18.4. The first kappa shape index (κ1) is 22.0. The summed E-state index contributed by atoms with van der Waals surface area (Å²) in [5.41, 5.74) is 2.54. The van der Waals surface area contributed by atoms with Crippen LogP contribution in [-0.2, 0) is 0 Å². The second-order valence-corrected chi connectivity index (χ2v) is 9.59. The lowest BCUT2D eigenvalue weighted by Crippen LogP contribution is -2.49. The van der Waals surface area contributed by atoms with Gasteiger partial charge in [0.1, 0.15) is 10.6 Å². The summed E-state index contributed by atoms with van der Waals surface area (Å²) in [5, 5.41) is 1.39. The Morgan fingerprint density at radius 3 is 2.09 bits per heavy atom. The summed E-state index contributed by atoms with van der Waals surface area (Å²) >= 11 is 8.09. The SMILES string of the molecule is COc1ccc2sc(C(=O)N3CCN(C(c4ccccc4)c4ccccc4)CC3)c(Cl)c2c1. The summed E-state index contributed by atoms with van der Waals surface area (Å²) in [6.45, 7) is 2.94. The molecule has 33 heavy (non-hydrogen) atoms. The summed E-state index contributed by atoms with van der Waals surface area (Å²) in [6.07, 6.45) is 0. The molecule has 3 aromatic carbocycles. The number of methoxy groups -OCH3 is 1. The van der Waals surface area contributed by atoms with Gasteiger partial charge in [0.2, 0.25) is 0 Å². The molecule has 0 unspecified atom stereocenters. The fourth-order valence-electron chi connectivity index (χ4n) is 4.52. The second-order valence-electron chi connectivity index (χ2n) is 8.16. The predicted molar refractivity (Wildman–Crippen MR) is 136 cm³/mol. The van der Waals surface area contributed by atoms with Crippen molar-refractivity contribution in [2.45, 2.75) is 6.04 Å². The predicted octanol–water partition coefficient (Wildman–Crippen LogP) is 6.11. The minimum atomic E-state index is 0.00999. The average molecular weight is 477 g/mol. The van der Waals surface area contributed by atoms with Crippen molar-refractivity contribution in [1.29, 1.82) is 0 Å². The highest BCUT2D eigenvalue weighted by atomic mass is 35.5. The van der Waals surface area contributed by atoms with Crippen molar-refractivity contribution >= 4 is 38.9 Å². The lowest BCUT2D eigenvalue weighted by atomic mass is 9.96. The van der Waals surface area contributed by atoms with Crippen molar-refractivity contribution in [1.82, 2.24) is 9.80 Å². The molecule has 1 amide bonds. The molecule has 6 heteroatoms. The van der Waals surface area contributed by atoms with Gasteiger partial charge in [0.15, 0.2) is 0 Å². The molecule has 0 aliphatic carbocycles. The van der Waals surface area contributed by atoms with Gasteiger partial charge in [-0.3, -0.25) is 9.69 Å². The third-order valence-electron chi connectivity index (χ3n) is 6.23. The number of thiophene rings is 1. The zero-order valence-electron chi connectivity index (χ0n) is 18.4. The average Bonchev–Trinajstić information content (AvgIpc) is 3.21. The molecule has 168 valence electrons. The van der Waals surface area contributed by atoms with Crippen LogP contribution in [0.1, 0.15) is 26.8 Å². The largest absolute Gasteiger partial charge is 0.497 e. The van der Waals surface area contributed by atoms with E-state index in [0.717, 1.165) is 28.9 Å². The number of halogens is 1. The lowest BCUT2D eigenvalue weighted by molar-refractivity contribution is 0.0602. The van der Waals surface area contributed by atoms with E-state index in [-0.39, 0.29) is 11.9 Å². The van der Waals surface area contributed by atoms with Crippen molar-refractivity contribution in [2.24, 2.45) is 0 Å². The van der Waals surface area contributed by atoms with Crippen molar-refractivity contribution in [3.63, 3.8) is 0 Å². The number of amides is 1. The Morgan fingerprint density at radius 1 is 0.909 bits per heavy atom. The van der Waals surface area contributed by atoms with Gasteiger partial charge >= 0.3 is 0 Å². The molecule has 1 fully saturated rings. The number of ether oxygens (including phenoxy) is 1. The van der Waals surface area contributed by atoms with Gasteiger partial charge in [-0.05, 0) is 29.3 Å². The van der Waals surface area contributed by atoms with Gasteiger partial charge in [0.05, 0.1) is 18.2 Å². The molecule has 0 saturated carbocycles. The maximum Gasteiger partial charge on any atom is 0.265 e. The Kier molecular flexibility index (Phi) is 6.36. The molecule has 0 bridgehead atoms. The van der Waals surface area contributed by atoms with Crippen LogP contribution in [0.3, 0.4) is 0 Å². The highest BCUT2D eigenvalue weighted by molar-refractivity contribution is 7.21. The molecule has 5 rings (SSSR count). The van der Waals surface area contributed by atoms with Crippen molar-refractivity contribution in [3.8, 4) is 5.75 Å². The molecule has 1 aromatic heterocycles. The van der Waals surface area contributed by atoms with Crippen LogP contribution in [0.25, 0.3) is 10.1 Å². The first-order valence-corrected chi connectivity index (χ1v) is 12.2. The van der Waals surface area contributed by atoms with Crippen LogP contribution < -0.4 is 4.74 Å². The normalized spacial score (nSPS) is 14.7. The van der Waals surface area contributed by atoms with Gasteiger partial charge in [-0.25, -0.2) is 0 Å². The number of rotatable bonds is 5. The van der Waals surface area contributed by atoms with Gasteiger partial charge in [-0.1, -0.05) is 72.3 Å². The molecule has 0 radical (unpaired) electrons. The second kappa shape index (κ2) is 9.56. The van der Waals surface area contributed by atoms with Crippen LogP contribution in [0.5, 0.6) is 5.75 Å². The zero-order chi connectivity index (χ0) is 22.8. The van der Waals surface area contributed by atoms with E-state index < -0.39 is 0 Å². The molecular weight excluding hydrogens is 452 g/mol. The quantitative estimate of drug-likeness (QED) is 0.348. The topological polar surface area (TPSA) is 32.8 Å². The summed E-state index contributed by atoms with van der Waals surface area (Å²) in [6, 6.07) is 27.1. The molecule has 1 saturated heterocycles. The third-order valence-corrected chi connectivity index (χ3v) is 7.89. The number of hydrogen-bond donors (Lipinski definition) is 0. The highest BCUT2D eigenvalue weighted by Gasteiger charge is 2.30. The van der Waals surface area contributed by atoms with E-state index in [1.807, 2.05) is 35.2 Å². The van der Waals surface area contributed by atoms with Crippen molar-refractivity contribution in [2.75, 3.05) is 33.3 Å². The molecule has 2 heterocycles. The lowest BCUT2D eigenvalue weighted by Gasteiger charge is -2.39. The highest BCUT2D eigenvalue weighted by Crippen LogP contribution is 2.38. The summed E-state index contributed by atoms with van der Waals surface area (Å²) < 4.78 is 6.31. The number of benzene rings is 3. The first-order chi connectivity index (χ1) is 16.2. The van der Waals surface area contributed by atoms with Crippen LogP contribution in [0.4, 0.5) is 0 Å². The molecule has 0 N–H and O–H groups in total. The number of piperazine rings is 1. The van der Waals surface area contributed by atoms with E-state index in [9.17, 15) is 4.79 Å². The maximum absolute atomic E-state index is 13.4. The maximum atomic E-state index is 13.4. The summed E-state index contributed by atoms with van der Waals surface area (Å²) in [7, 11) is 1.63. The molecular formula is C27H25ClN2O2S. The fraction of sp³-hybridized carbons (Fsp3) is 0.222. The Balaban J connectivity index is 1.35. The molecule has 0 spiro atoms. The minimum Gasteiger partial charge on any atom is -0.497 e. The molecule has 0 atom stereocenters. The molecule has 4 aromatic rings. The van der Waals surface area contributed by atoms with E-state index in [2.05, 4.69) is 53.4 Å². The van der Waals surface area contributed by atoms with E-state index in [0.29, 0.717) is 23.0 Å². The van der Waals surface area contributed by atoms with Gasteiger partial charge in [-0.15, -0.1) is 11.3 Å². The van der Waals surface area contributed by atoms with Crippen molar-refractivity contribution < 1.29 is 9.53 Å². The van der Waals surface area contributed by atoms with E-state index in [1.54, 1.807) is 7.11 Å². The minimum absolute atomic E-state index is 0.00999. The zero-order valence-corrected chi connectivity index (χ0v) is 20.0. The number of carbonyl (C=O) groups is 1. The van der Waals surface area contributed by atoms with Crippen LogP contribution in [0.2, 0.25) is 5.02 Å². The van der Waals surface area contributed by atoms with Crippen LogP contribution in [-0.4, -0.2) is 49.0 Å². The van der Waals surface area contributed by atoms with E-state index in [4.69, 9.17) is 16.3 Å². The van der Waals surface area contributed by atoms with E-state index >= 15 is 0 Å². The smallest absolute Gasteiger partial charge is 0.265 e. The van der Waals surface area contributed by atoms with Crippen molar-refractivity contribution in [3.05, 3.63) is 99.9 Å². The Bertz CT molecular complexity index is 1210. The molecule has 1 aliphatic heterocycles. The monoisotopic (exact) mass is 476 g/mol. The first-order valence-electron chi connectivity index (χ1n) is 11.0. The molecule has 1 aliphatic rings. The number of nitrogens with zero attached hydrogens (tertiary/aromatic N) is 2. The van der Waals surface area contributed by atoms with Gasteiger partial charge in [0, 0.05) is 36.3 Å². The Labute approximate surface area is 203 Å². The number of carbonyl (C=O) groups excluding carboxylic acids is 1. The molecule has 4 nitrogen and oxygen atoms in total. The van der Waals surface area contributed by atoms with Crippen LogP contribution in [0.15, 0.2) is 78.9 Å². The van der Waals surface area contributed by atoms with Gasteiger partial charge < -0.3 is 9.64 Å². The van der Waals surface area contributed by atoms with Crippen LogP contribution in [0, 0.1) is 0 Å². The number of fused-ring (bicyclic) bond motifs is 1. The van der Waals surface area contributed by atoms with Crippen LogP contribution >= 0.6 is 22.9 Å². The Hall–Kier alpha value is -2.86. The third kappa shape index (κ3) is 4.36. The Morgan fingerprint density at radius 2 is 1.52 bits per heavy atom. The van der Waals surface area contributed by atoms with Gasteiger partial charge in [0.25, 0.3) is 5.91 Å². The number of hydrogen-bond acceptors (Lipinski definition) is 4. The fourth-order valence-corrected chi connectivity index (χ4v) is 5.97. The van der Waals surface area contributed by atoms with Gasteiger partial charge in [-0.2, -0.15) is 0 Å². The van der Waals surface area contributed by atoms with E-state index in [1.165, 1.54) is 22.5 Å².